The van der Waals surface area contributed by atoms with Crippen molar-refractivity contribution in [3.05, 3.63) is 35.9 Å². The summed E-state index contributed by atoms with van der Waals surface area (Å²) in [5, 5.41) is 13.3. The Kier molecular flexibility index (Phi) is 5.53. The fraction of sp³-hybridized carbons (Fsp3) is 0.308. The lowest BCUT2D eigenvalue weighted by Gasteiger charge is -2.10. The van der Waals surface area contributed by atoms with Crippen LogP contribution < -0.4 is 10.6 Å². The first-order valence-electron chi connectivity index (χ1n) is 5.82. The van der Waals surface area contributed by atoms with Gasteiger partial charge in [0.25, 0.3) is 0 Å². The standard InChI is InChI=1S/C13H16N2O4/c1-9(13(18)19)15-12(17)8-14-11(16)7-10-5-3-2-4-6-10/h2-6,9H,7-8H2,1H3,(H,14,16)(H,15,17)(H,18,19)/t9-/m0/s1. The van der Waals surface area contributed by atoms with Crippen molar-refractivity contribution in [1.29, 1.82) is 0 Å². The number of carboxylic acid groups (broad SMARTS) is 1. The average molecular weight is 264 g/mol. The van der Waals surface area contributed by atoms with E-state index in [4.69, 9.17) is 5.11 Å². The van der Waals surface area contributed by atoms with E-state index in [1.54, 1.807) is 0 Å². The summed E-state index contributed by atoms with van der Waals surface area (Å²) in [4.78, 5) is 33.4. The molecular formula is C13H16N2O4. The molecule has 0 aliphatic heterocycles. The summed E-state index contributed by atoms with van der Waals surface area (Å²) in [6, 6.07) is 8.15. The highest BCUT2D eigenvalue weighted by molar-refractivity contribution is 5.88. The Morgan fingerprint density at radius 3 is 2.37 bits per heavy atom. The molecule has 0 spiro atoms. The van der Waals surface area contributed by atoms with Gasteiger partial charge >= 0.3 is 5.97 Å². The summed E-state index contributed by atoms with van der Waals surface area (Å²) in [5.74, 6) is -1.94. The molecule has 0 heterocycles. The first-order chi connectivity index (χ1) is 8.99. The molecule has 0 aliphatic carbocycles. The smallest absolute Gasteiger partial charge is 0.325 e. The molecule has 102 valence electrons. The second kappa shape index (κ2) is 7.15. The van der Waals surface area contributed by atoms with Crippen LogP contribution >= 0.6 is 0 Å². The summed E-state index contributed by atoms with van der Waals surface area (Å²) in [5.41, 5.74) is 0.847. The third-order valence-electron chi connectivity index (χ3n) is 2.40. The summed E-state index contributed by atoms with van der Waals surface area (Å²) in [7, 11) is 0. The Labute approximate surface area is 110 Å². The first kappa shape index (κ1) is 14.7. The maximum Gasteiger partial charge on any atom is 0.325 e. The largest absolute Gasteiger partial charge is 0.480 e. The van der Waals surface area contributed by atoms with E-state index >= 15 is 0 Å². The van der Waals surface area contributed by atoms with Gasteiger partial charge in [-0.15, -0.1) is 0 Å². The first-order valence-corrected chi connectivity index (χ1v) is 5.82. The fourth-order valence-electron chi connectivity index (χ4n) is 1.38. The van der Waals surface area contributed by atoms with Crippen LogP contribution in [0, 0.1) is 0 Å². The number of benzene rings is 1. The molecule has 6 heteroatoms. The molecule has 0 radical (unpaired) electrons. The summed E-state index contributed by atoms with van der Waals surface area (Å²) in [6.45, 7) is 1.12. The molecule has 1 atom stereocenters. The predicted octanol–water partition coefficient (Wildman–Crippen LogP) is -0.0654. The molecule has 3 N–H and O–H groups in total. The van der Waals surface area contributed by atoms with Crippen molar-refractivity contribution in [1.82, 2.24) is 10.6 Å². The van der Waals surface area contributed by atoms with E-state index in [-0.39, 0.29) is 18.9 Å². The summed E-state index contributed by atoms with van der Waals surface area (Å²) in [6.07, 6.45) is 0.183. The second-order valence-corrected chi connectivity index (χ2v) is 4.07. The van der Waals surface area contributed by atoms with Crippen LogP contribution in [0.1, 0.15) is 12.5 Å². The topological polar surface area (TPSA) is 95.5 Å². The van der Waals surface area contributed by atoms with Crippen molar-refractivity contribution in [3.63, 3.8) is 0 Å². The van der Waals surface area contributed by atoms with Gasteiger partial charge in [-0.2, -0.15) is 0 Å². The highest BCUT2D eigenvalue weighted by Crippen LogP contribution is 1.98. The zero-order valence-electron chi connectivity index (χ0n) is 10.6. The van der Waals surface area contributed by atoms with Gasteiger partial charge in [-0.05, 0) is 12.5 Å². The van der Waals surface area contributed by atoms with E-state index < -0.39 is 17.9 Å². The Morgan fingerprint density at radius 2 is 1.79 bits per heavy atom. The minimum Gasteiger partial charge on any atom is -0.480 e. The van der Waals surface area contributed by atoms with Crippen molar-refractivity contribution in [2.75, 3.05) is 6.54 Å². The van der Waals surface area contributed by atoms with Gasteiger partial charge in [0.1, 0.15) is 6.04 Å². The van der Waals surface area contributed by atoms with E-state index in [0.717, 1.165) is 5.56 Å². The molecule has 1 aromatic carbocycles. The van der Waals surface area contributed by atoms with E-state index in [9.17, 15) is 14.4 Å². The Bertz CT molecular complexity index is 459. The number of aliphatic carboxylic acids is 1. The minimum atomic E-state index is -1.12. The number of nitrogens with one attached hydrogen (secondary N) is 2. The van der Waals surface area contributed by atoms with Crippen LogP contribution in [0.5, 0.6) is 0 Å². The summed E-state index contributed by atoms with van der Waals surface area (Å²) >= 11 is 0. The number of rotatable bonds is 6. The molecule has 0 unspecified atom stereocenters. The number of amides is 2. The lowest BCUT2D eigenvalue weighted by Crippen LogP contribution is -2.44. The van der Waals surface area contributed by atoms with Gasteiger partial charge in [-0.3, -0.25) is 14.4 Å². The van der Waals surface area contributed by atoms with E-state index in [1.165, 1.54) is 6.92 Å². The van der Waals surface area contributed by atoms with E-state index in [1.807, 2.05) is 30.3 Å². The SMILES string of the molecule is C[C@H](NC(=O)CNC(=O)Cc1ccccc1)C(=O)O. The average Bonchev–Trinajstić information content (AvgIpc) is 2.37. The quantitative estimate of drug-likeness (QED) is 0.670. The predicted molar refractivity (Wildman–Crippen MR) is 68.4 cm³/mol. The van der Waals surface area contributed by atoms with Gasteiger partial charge < -0.3 is 15.7 Å². The fourth-order valence-corrected chi connectivity index (χ4v) is 1.38. The van der Waals surface area contributed by atoms with Crippen LogP contribution in [0.2, 0.25) is 0 Å². The zero-order valence-corrected chi connectivity index (χ0v) is 10.6. The number of carbonyl (C=O) groups is 3. The van der Waals surface area contributed by atoms with Crippen molar-refractivity contribution in [2.45, 2.75) is 19.4 Å². The van der Waals surface area contributed by atoms with Crippen LogP contribution in [-0.4, -0.2) is 35.5 Å². The summed E-state index contributed by atoms with van der Waals surface area (Å²) < 4.78 is 0. The lowest BCUT2D eigenvalue weighted by atomic mass is 10.1. The van der Waals surface area contributed by atoms with E-state index in [0.29, 0.717) is 0 Å². The van der Waals surface area contributed by atoms with Crippen LogP contribution in [0.15, 0.2) is 30.3 Å². The van der Waals surface area contributed by atoms with Gasteiger partial charge in [0, 0.05) is 0 Å². The van der Waals surface area contributed by atoms with Crippen molar-refractivity contribution in [2.24, 2.45) is 0 Å². The molecule has 0 saturated carbocycles. The van der Waals surface area contributed by atoms with E-state index in [2.05, 4.69) is 10.6 Å². The zero-order chi connectivity index (χ0) is 14.3. The second-order valence-electron chi connectivity index (χ2n) is 4.07. The lowest BCUT2D eigenvalue weighted by molar-refractivity contribution is -0.141. The minimum absolute atomic E-state index is 0.183. The van der Waals surface area contributed by atoms with Gasteiger partial charge in [-0.25, -0.2) is 0 Å². The third-order valence-corrected chi connectivity index (χ3v) is 2.40. The highest BCUT2D eigenvalue weighted by atomic mass is 16.4. The number of carboxylic acids is 1. The van der Waals surface area contributed by atoms with Crippen LogP contribution in [-0.2, 0) is 20.8 Å². The van der Waals surface area contributed by atoms with Crippen LogP contribution in [0.3, 0.4) is 0 Å². The maximum absolute atomic E-state index is 11.5. The molecule has 0 bridgehead atoms. The highest BCUT2D eigenvalue weighted by Gasteiger charge is 2.14. The monoisotopic (exact) mass is 264 g/mol. The van der Waals surface area contributed by atoms with Crippen molar-refractivity contribution >= 4 is 17.8 Å². The molecule has 1 rings (SSSR count). The third kappa shape index (κ3) is 5.67. The molecule has 0 saturated heterocycles. The van der Waals surface area contributed by atoms with Crippen molar-refractivity contribution in [3.8, 4) is 0 Å². The Balaban J connectivity index is 2.30. The van der Waals surface area contributed by atoms with Gasteiger partial charge in [0.15, 0.2) is 0 Å². The molecule has 0 fully saturated rings. The molecule has 6 nitrogen and oxygen atoms in total. The van der Waals surface area contributed by atoms with Gasteiger partial charge in [0.05, 0.1) is 13.0 Å². The maximum atomic E-state index is 11.5. The number of carbonyl (C=O) groups excluding carboxylic acids is 2. The van der Waals surface area contributed by atoms with Gasteiger partial charge in [0.2, 0.25) is 11.8 Å². The van der Waals surface area contributed by atoms with Crippen LogP contribution in [0.25, 0.3) is 0 Å². The molecule has 2 amide bonds. The number of hydrogen-bond acceptors (Lipinski definition) is 3. The normalized spacial score (nSPS) is 11.4. The molecule has 0 aromatic heterocycles. The Morgan fingerprint density at radius 1 is 1.16 bits per heavy atom. The Hall–Kier alpha value is -2.37. The molecule has 0 aliphatic rings. The van der Waals surface area contributed by atoms with Gasteiger partial charge in [-0.1, -0.05) is 30.3 Å². The molecule has 1 aromatic rings. The van der Waals surface area contributed by atoms with Crippen LogP contribution in [0.4, 0.5) is 0 Å². The van der Waals surface area contributed by atoms with Crippen molar-refractivity contribution < 1.29 is 19.5 Å². The molecule has 19 heavy (non-hydrogen) atoms. The molecular weight excluding hydrogens is 248 g/mol. The number of hydrogen-bond donors (Lipinski definition) is 3.